The van der Waals surface area contributed by atoms with Gasteiger partial charge in [-0.2, -0.15) is 0 Å². The molecule has 14 heteroatoms. The summed E-state index contributed by atoms with van der Waals surface area (Å²) in [6.45, 7) is 2.53. The molecule has 8 rings (SSSR count). The smallest absolute Gasteiger partial charge is 0.259 e. The number of aromatic nitrogens is 2. The summed E-state index contributed by atoms with van der Waals surface area (Å²) in [5.41, 5.74) is 1.67. The third kappa shape index (κ3) is 7.60. The first-order valence-corrected chi connectivity index (χ1v) is 22.3. The number of hydrogen-bond acceptors (Lipinski definition) is 10. The topological polar surface area (TPSA) is 157 Å². The third-order valence-corrected chi connectivity index (χ3v) is 15.2. The Hall–Kier alpha value is -4.04. The van der Waals surface area contributed by atoms with E-state index >= 15 is 0 Å². The Morgan fingerprint density at radius 3 is 2.55 bits per heavy atom. The number of pyridine rings is 1. The number of carbonyl (C=O) groups is 3. The fourth-order valence-corrected chi connectivity index (χ4v) is 11.2. The summed E-state index contributed by atoms with van der Waals surface area (Å²) in [7, 11) is -0.422. The lowest BCUT2D eigenvalue weighted by Gasteiger charge is -2.26. The number of benzene rings is 1. The lowest BCUT2D eigenvalue weighted by molar-refractivity contribution is -0.140. The van der Waals surface area contributed by atoms with Gasteiger partial charge in [-0.1, -0.05) is 31.4 Å². The SMILES string of the molecule is COc1ccc2c(O[C@@H]3C[C@H]4C(=O)N[C@]5(C(=O)NS(=O)(=O)C6CC6)C[C@@H]5/C=C\CCCCN(C)C(=O)[C@@H]4C3)cc(-c3csc(C4CCCCC4)n3)nc2c1C. The van der Waals surface area contributed by atoms with Gasteiger partial charge in [0, 0.05) is 47.8 Å². The van der Waals surface area contributed by atoms with Crippen molar-refractivity contribution < 1.29 is 32.3 Å². The molecule has 3 aromatic rings. The standard InChI is InChI=1S/C41H51N5O7S2/c1-24-34(52-3)17-16-29-35(21-32(42-36(24)29)33-23-54-38(43-33)25-11-7-6-8-12-25)53-27-19-30-31(20-27)39(48)46(2)18-10-5-4-9-13-26-22-41(26,44-37(30)47)40(49)45-55(50,51)28-14-15-28/h9,13,16-17,21,23,25-28,30-31H,4-8,10-12,14-15,18-20,22H2,1-3H3,(H,44,47)(H,45,49)/b13-9-/t26-,27+,30+,31+,41+/m0/s1. The van der Waals surface area contributed by atoms with Crippen LogP contribution in [0.1, 0.15) is 100.0 Å². The highest BCUT2D eigenvalue weighted by Crippen LogP contribution is 2.47. The molecule has 0 unspecified atom stereocenters. The van der Waals surface area contributed by atoms with Crippen LogP contribution in [0.2, 0.25) is 0 Å². The zero-order valence-corrected chi connectivity index (χ0v) is 33.5. The molecule has 294 valence electrons. The van der Waals surface area contributed by atoms with Crippen molar-refractivity contribution in [3.8, 4) is 22.9 Å². The minimum atomic E-state index is -3.83. The molecule has 0 saturated heterocycles. The second-order valence-electron chi connectivity index (χ2n) is 16.3. The van der Waals surface area contributed by atoms with Crippen molar-refractivity contribution in [3.05, 3.63) is 46.3 Å². The highest BCUT2D eigenvalue weighted by atomic mass is 32.2. The fourth-order valence-electron chi connectivity index (χ4n) is 8.84. The van der Waals surface area contributed by atoms with E-state index in [4.69, 9.17) is 19.4 Å². The molecule has 2 aromatic heterocycles. The molecule has 4 saturated carbocycles. The van der Waals surface area contributed by atoms with Gasteiger partial charge < -0.3 is 19.7 Å². The molecule has 3 amide bonds. The number of fused-ring (bicyclic) bond motifs is 3. The van der Waals surface area contributed by atoms with E-state index in [9.17, 15) is 22.8 Å². The number of methoxy groups -OCH3 is 1. The van der Waals surface area contributed by atoms with E-state index in [-0.39, 0.29) is 18.2 Å². The van der Waals surface area contributed by atoms with E-state index in [0.29, 0.717) is 55.3 Å². The van der Waals surface area contributed by atoms with Crippen LogP contribution in [-0.2, 0) is 24.4 Å². The van der Waals surface area contributed by atoms with Gasteiger partial charge in [-0.15, -0.1) is 11.3 Å². The number of allylic oxidation sites excluding steroid dienone is 1. The number of thiazole rings is 1. The van der Waals surface area contributed by atoms with Gasteiger partial charge in [-0.05, 0) is 83.3 Å². The van der Waals surface area contributed by atoms with Crippen molar-refractivity contribution in [1.29, 1.82) is 0 Å². The molecule has 5 atom stereocenters. The van der Waals surface area contributed by atoms with E-state index < -0.39 is 50.6 Å². The number of rotatable bonds is 8. The van der Waals surface area contributed by atoms with E-state index in [1.807, 2.05) is 37.3 Å². The van der Waals surface area contributed by atoms with Gasteiger partial charge in [0.2, 0.25) is 21.8 Å². The molecule has 2 N–H and O–H groups in total. The molecule has 0 bridgehead atoms. The minimum Gasteiger partial charge on any atom is -0.496 e. The monoisotopic (exact) mass is 789 g/mol. The highest BCUT2D eigenvalue weighted by molar-refractivity contribution is 7.91. The lowest BCUT2D eigenvalue weighted by atomic mass is 9.90. The molecule has 1 aromatic carbocycles. The molecule has 0 spiro atoms. The summed E-state index contributed by atoms with van der Waals surface area (Å²) < 4.78 is 40.4. The zero-order chi connectivity index (χ0) is 38.5. The molecular formula is C41H51N5O7S2. The summed E-state index contributed by atoms with van der Waals surface area (Å²) in [6.07, 6.45) is 13.7. The summed E-state index contributed by atoms with van der Waals surface area (Å²) in [5, 5.41) is 6.39. The molecule has 1 aliphatic heterocycles. The van der Waals surface area contributed by atoms with Crippen LogP contribution in [0.15, 0.2) is 35.7 Å². The number of nitrogens with one attached hydrogen (secondary N) is 2. The Morgan fingerprint density at radius 1 is 1.00 bits per heavy atom. The van der Waals surface area contributed by atoms with Crippen molar-refractivity contribution in [2.45, 2.75) is 113 Å². The number of aryl methyl sites for hydroxylation is 1. The largest absolute Gasteiger partial charge is 0.496 e. The quantitative estimate of drug-likeness (QED) is 0.255. The molecule has 0 radical (unpaired) electrons. The van der Waals surface area contributed by atoms with E-state index in [2.05, 4.69) is 15.4 Å². The maximum absolute atomic E-state index is 14.4. The van der Waals surface area contributed by atoms with Gasteiger partial charge in [0.05, 0.1) is 46.1 Å². The van der Waals surface area contributed by atoms with Crippen LogP contribution in [0.3, 0.4) is 0 Å². The van der Waals surface area contributed by atoms with Crippen LogP contribution in [0.4, 0.5) is 0 Å². The number of sulfonamides is 1. The van der Waals surface area contributed by atoms with Crippen molar-refractivity contribution in [2.24, 2.45) is 17.8 Å². The van der Waals surface area contributed by atoms with Crippen LogP contribution in [0.25, 0.3) is 22.3 Å². The summed E-state index contributed by atoms with van der Waals surface area (Å²) >= 11 is 1.68. The Morgan fingerprint density at radius 2 is 1.78 bits per heavy atom. The van der Waals surface area contributed by atoms with Crippen molar-refractivity contribution in [2.75, 3.05) is 20.7 Å². The van der Waals surface area contributed by atoms with E-state index in [1.54, 1.807) is 30.4 Å². The predicted molar refractivity (Wildman–Crippen MR) is 210 cm³/mol. The van der Waals surface area contributed by atoms with Gasteiger partial charge >= 0.3 is 0 Å². The van der Waals surface area contributed by atoms with Crippen molar-refractivity contribution in [3.63, 3.8) is 0 Å². The first-order chi connectivity index (χ1) is 26.5. The maximum Gasteiger partial charge on any atom is 0.259 e. The Balaban J connectivity index is 1.10. The average Bonchev–Trinajstić information content (AvgIpc) is 4.06. The molecule has 12 nitrogen and oxygen atoms in total. The summed E-state index contributed by atoms with van der Waals surface area (Å²) in [6, 6.07) is 5.74. The molecular weight excluding hydrogens is 739 g/mol. The molecule has 55 heavy (non-hydrogen) atoms. The highest BCUT2D eigenvalue weighted by Gasteiger charge is 2.62. The van der Waals surface area contributed by atoms with Crippen molar-refractivity contribution >= 4 is 50.0 Å². The Kier molecular flexibility index (Phi) is 10.4. The van der Waals surface area contributed by atoms with E-state index in [1.165, 1.54) is 19.3 Å². The van der Waals surface area contributed by atoms with E-state index in [0.717, 1.165) is 59.3 Å². The summed E-state index contributed by atoms with van der Waals surface area (Å²) in [5.74, 6) is -1.36. The summed E-state index contributed by atoms with van der Waals surface area (Å²) in [4.78, 5) is 54.0. The molecule has 4 aliphatic carbocycles. The van der Waals surface area contributed by atoms with Crippen LogP contribution in [-0.4, -0.2) is 78.6 Å². The minimum absolute atomic E-state index is 0.139. The van der Waals surface area contributed by atoms with Crippen LogP contribution < -0.4 is 19.5 Å². The Bertz CT molecular complexity index is 2130. The normalized spacial score (nSPS) is 28.5. The number of carbonyl (C=O) groups excluding carboxylic acids is 3. The second-order valence-corrected chi connectivity index (χ2v) is 19.1. The van der Waals surface area contributed by atoms with Crippen LogP contribution in [0, 0.1) is 24.7 Å². The maximum atomic E-state index is 14.4. The lowest BCUT2D eigenvalue weighted by Crippen LogP contribution is -2.54. The van der Waals surface area contributed by atoms with Crippen LogP contribution in [0.5, 0.6) is 11.5 Å². The predicted octanol–water partition coefficient (Wildman–Crippen LogP) is 6.18. The van der Waals surface area contributed by atoms with Gasteiger partial charge in [-0.3, -0.25) is 19.1 Å². The first kappa shape index (κ1) is 37.9. The molecule has 4 fully saturated rings. The van der Waals surface area contributed by atoms with Gasteiger partial charge in [0.15, 0.2) is 0 Å². The van der Waals surface area contributed by atoms with Gasteiger partial charge in [0.1, 0.15) is 23.1 Å². The van der Waals surface area contributed by atoms with Gasteiger partial charge in [0.25, 0.3) is 5.91 Å². The van der Waals surface area contributed by atoms with Crippen LogP contribution >= 0.6 is 11.3 Å². The number of hydrogen-bond donors (Lipinski definition) is 2. The fraction of sp³-hybridized carbons (Fsp3) is 0.585. The zero-order valence-electron chi connectivity index (χ0n) is 31.8. The van der Waals surface area contributed by atoms with Crippen molar-refractivity contribution in [1.82, 2.24) is 24.9 Å². The first-order valence-electron chi connectivity index (χ1n) is 19.9. The molecule has 3 heterocycles. The second kappa shape index (κ2) is 15.1. The third-order valence-electron chi connectivity index (χ3n) is 12.4. The number of nitrogens with zero attached hydrogens (tertiary/aromatic N) is 3. The Labute approximate surface area is 326 Å². The number of amides is 3. The average molecular weight is 790 g/mol. The molecule has 5 aliphatic rings. The van der Waals surface area contributed by atoms with Gasteiger partial charge in [-0.25, -0.2) is 18.4 Å². The number of ether oxygens (including phenoxy) is 2.